The second-order valence-corrected chi connectivity index (χ2v) is 8.01. The van der Waals surface area contributed by atoms with Gasteiger partial charge >= 0.3 is 0 Å². The molecule has 0 amide bonds. The van der Waals surface area contributed by atoms with Crippen LogP contribution in [-0.4, -0.2) is 18.2 Å². The first-order chi connectivity index (χ1) is 13.9. The molecule has 0 saturated carbocycles. The second-order valence-electron chi connectivity index (χ2n) is 6.72. The van der Waals surface area contributed by atoms with E-state index in [1.165, 1.54) is 5.56 Å². The third-order valence-electron chi connectivity index (χ3n) is 4.49. The van der Waals surface area contributed by atoms with Gasteiger partial charge < -0.3 is 0 Å². The third kappa shape index (κ3) is 4.37. The minimum absolute atomic E-state index is 0.397. The van der Waals surface area contributed by atoms with Crippen molar-refractivity contribution >= 4 is 15.9 Å². The maximum absolute atomic E-state index is 11.2. The van der Waals surface area contributed by atoms with E-state index < -0.39 is 10.2 Å². The molecule has 0 fully saturated rings. The Morgan fingerprint density at radius 3 is 2.03 bits per heavy atom. The predicted octanol–water partition coefficient (Wildman–Crippen LogP) is 4.13. The Hall–Kier alpha value is -3.42. The lowest BCUT2D eigenvalue weighted by atomic mass is 10.0. The number of nitrogens with one attached hydrogen (secondary N) is 1. The largest absolute Gasteiger partial charge is 0.296 e. The van der Waals surface area contributed by atoms with Gasteiger partial charge in [0.15, 0.2) is 0 Å². The number of rotatable bonds is 5. The Morgan fingerprint density at radius 1 is 0.828 bits per heavy atom. The lowest BCUT2D eigenvalue weighted by Gasteiger charge is -2.10. The van der Waals surface area contributed by atoms with Crippen LogP contribution in [0.3, 0.4) is 0 Å². The van der Waals surface area contributed by atoms with Gasteiger partial charge in [-0.3, -0.25) is 4.72 Å². The highest BCUT2D eigenvalue weighted by molar-refractivity contribution is 7.90. The maximum atomic E-state index is 11.2. The smallest absolute Gasteiger partial charge is 0.271 e. The number of hydrogen-bond acceptors (Lipinski definition) is 3. The first kappa shape index (κ1) is 18.9. The Morgan fingerprint density at radius 2 is 1.41 bits per heavy atom. The molecule has 0 radical (unpaired) electrons. The molecule has 0 unspecified atom stereocenters. The summed E-state index contributed by atoms with van der Waals surface area (Å²) in [5.74, 6) is 0. The second kappa shape index (κ2) is 7.54. The minimum Gasteiger partial charge on any atom is -0.271 e. The summed E-state index contributed by atoms with van der Waals surface area (Å²) in [6.07, 6.45) is 0. The monoisotopic (exact) mass is 404 g/mol. The topological polar surface area (TPSA) is 90.0 Å². The van der Waals surface area contributed by atoms with Gasteiger partial charge in [-0.2, -0.15) is 13.5 Å². The van der Waals surface area contributed by atoms with Crippen molar-refractivity contribution in [3.63, 3.8) is 0 Å². The van der Waals surface area contributed by atoms with Crippen LogP contribution in [0.15, 0.2) is 84.9 Å². The van der Waals surface area contributed by atoms with Crippen molar-refractivity contribution in [2.45, 2.75) is 6.92 Å². The summed E-state index contributed by atoms with van der Waals surface area (Å²) in [4.78, 5) is 0. The van der Waals surface area contributed by atoms with Crippen LogP contribution >= 0.6 is 0 Å². The number of aromatic nitrogens is 2. The van der Waals surface area contributed by atoms with Gasteiger partial charge in [-0.1, -0.05) is 54.6 Å². The molecule has 3 aromatic carbocycles. The van der Waals surface area contributed by atoms with Crippen molar-refractivity contribution < 1.29 is 8.42 Å². The van der Waals surface area contributed by atoms with E-state index in [4.69, 9.17) is 5.14 Å². The van der Waals surface area contributed by atoms with Gasteiger partial charge in [0.1, 0.15) is 0 Å². The molecule has 0 saturated heterocycles. The molecular formula is C22H20N4O2S. The molecule has 3 N–H and O–H groups in total. The van der Waals surface area contributed by atoms with Crippen molar-refractivity contribution in [2.75, 3.05) is 4.72 Å². The molecule has 1 heterocycles. The number of anilines is 1. The van der Waals surface area contributed by atoms with Crippen LogP contribution < -0.4 is 9.86 Å². The van der Waals surface area contributed by atoms with Crippen LogP contribution in [0.4, 0.5) is 5.69 Å². The number of nitrogens with two attached hydrogens (primary N) is 1. The molecule has 0 bridgehead atoms. The van der Waals surface area contributed by atoms with E-state index in [0.29, 0.717) is 5.69 Å². The van der Waals surface area contributed by atoms with Gasteiger partial charge in [0, 0.05) is 11.3 Å². The standard InChI is InChI=1S/C22H20N4O2S/c1-16-15-22(19-9-7-18(8-10-19)17-5-3-2-4-6-17)26(24-16)21-13-11-20(12-14-21)25-29(23,27)28/h2-15,25H,1H3,(H2,23,27,28). The molecule has 0 aliphatic heterocycles. The van der Waals surface area contributed by atoms with Crippen molar-refractivity contribution in [2.24, 2.45) is 5.14 Å². The lowest BCUT2D eigenvalue weighted by Crippen LogP contribution is -2.21. The lowest BCUT2D eigenvalue weighted by molar-refractivity contribution is 0.603. The zero-order valence-corrected chi connectivity index (χ0v) is 16.6. The van der Waals surface area contributed by atoms with Gasteiger partial charge in [0.05, 0.1) is 17.1 Å². The third-order valence-corrected chi connectivity index (χ3v) is 5.01. The highest BCUT2D eigenvalue weighted by atomic mass is 32.2. The SMILES string of the molecule is Cc1cc(-c2ccc(-c3ccccc3)cc2)n(-c2ccc(NS(N)(=O)=O)cc2)n1. The molecule has 1 aromatic heterocycles. The molecule has 6 nitrogen and oxygen atoms in total. The summed E-state index contributed by atoms with van der Waals surface area (Å²) in [6, 6.07) is 27.5. The molecule has 29 heavy (non-hydrogen) atoms. The van der Waals surface area contributed by atoms with Gasteiger partial charge in [0.25, 0.3) is 10.2 Å². The fourth-order valence-corrected chi connectivity index (χ4v) is 3.67. The van der Waals surface area contributed by atoms with Crippen molar-refractivity contribution in [3.05, 3.63) is 90.6 Å². The fourth-order valence-electron chi connectivity index (χ4n) is 3.20. The molecule has 0 aliphatic carbocycles. The Balaban J connectivity index is 1.67. The zero-order chi connectivity index (χ0) is 20.4. The van der Waals surface area contributed by atoms with Crippen molar-refractivity contribution in [1.82, 2.24) is 9.78 Å². The summed E-state index contributed by atoms with van der Waals surface area (Å²) >= 11 is 0. The Kier molecular flexibility index (Phi) is 4.92. The predicted molar refractivity (Wildman–Crippen MR) is 116 cm³/mol. The highest BCUT2D eigenvalue weighted by Crippen LogP contribution is 2.27. The number of nitrogens with zero attached hydrogens (tertiary/aromatic N) is 2. The average Bonchev–Trinajstić information content (AvgIpc) is 3.10. The number of hydrogen-bond donors (Lipinski definition) is 2. The summed E-state index contributed by atoms with van der Waals surface area (Å²) in [7, 11) is -3.80. The fraction of sp³-hybridized carbons (Fsp3) is 0.0455. The van der Waals surface area contributed by atoms with Gasteiger partial charge in [-0.05, 0) is 48.4 Å². The van der Waals surface area contributed by atoms with Crippen LogP contribution in [0, 0.1) is 6.92 Å². The van der Waals surface area contributed by atoms with Crippen LogP contribution in [0.1, 0.15) is 5.69 Å². The van der Waals surface area contributed by atoms with Gasteiger partial charge in [0.2, 0.25) is 0 Å². The van der Waals surface area contributed by atoms with E-state index in [0.717, 1.165) is 28.2 Å². The molecule has 146 valence electrons. The van der Waals surface area contributed by atoms with E-state index >= 15 is 0 Å². The van der Waals surface area contributed by atoms with E-state index in [2.05, 4.69) is 46.2 Å². The van der Waals surface area contributed by atoms with E-state index in [1.807, 2.05) is 35.9 Å². The first-order valence-electron chi connectivity index (χ1n) is 9.02. The van der Waals surface area contributed by atoms with Crippen LogP contribution in [-0.2, 0) is 10.2 Å². The normalized spacial score (nSPS) is 11.4. The molecular weight excluding hydrogens is 384 g/mol. The quantitative estimate of drug-likeness (QED) is 0.524. The molecule has 4 aromatic rings. The van der Waals surface area contributed by atoms with Crippen LogP contribution in [0.5, 0.6) is 0 Å². The van der Waals surface area contributed by atoms with Crippen LogP contribution in [0.2, 0.25) is 0 Å². The minimum atomic E-state index is -3.80. The summed E-state index contributed by atoms with van der Waals surface area (Å²) in [5, 5.41) is 9.61. The van der Waals surface area contributed by atoms with Gasteiger partial charge in [-0.15, -0.1) is 0 Å². The maximum Gasteiger partial charge on any atom is 0.296 e. The summed E-state index contributed by atoms with van der Waals surface area (Å²) in [5.41, 5.74) is 6.41. The van der Waals surface area contributed by atoms with Gasteiger partial charge in [-0.25, -0.2) is 9.82 Å². The Bertz CT molecular complexity index is 1230. The average molecular weight is 404 g/mol. The summed E-state index contributed by atoms with van der Waals surface area (Å²) in [6.45, 7) is 1.94. The van der Waals surface area contributed by atoms with E-state index in [-0.39, 0.29) is 0 Å². The number of aryl methyl sites for hydroxylation is 1. The summed E-state index contributed by atoms with van der Waals surface area (Å²) < 4.78 is 26.4. The molecule has 0 aliphatic rings. The highest BCUT2D eigenvalue weighted by Gasteiger charge is 2.11. The van der Waals surface area contributed by atoms with Crippen molar-refractivity contribution in [1.29, 1.82) is 0 Å². The zero-order valence-electron chi connectivity index (χ0n) is 15.8. The van der Waals surface area contributed by atoms with Crippen LogP contribution in [0.25, 0.3) is 28.1 Å². The molecule has 0 spiro atoms. The molecule has 0 atom stereocenters. The Labute approximate surface area is 169 Å². The van der Waals surface area contributed by atoms with E-state index in [1.54, 1.807) is 24.3 Å². The number of benzene rings is 3. The van der Waals surface area contributed by atoms with E-state index in [9.17, 15) is 8.42 Å². The first-order valence-corrected chi connectivity index (χ1v) is 10.6. The molecule has 4 rings (SSSR count). The molecule has 7 heteroatoms. The van der Waals surface area contributed by atoms with Crippen molar-refractivity contribution in [3.8, 4) is 28.1 Å².